The molecule has 0 saturated heterocycles. The van der Waals surface area contributed by atoms with E-state index in [9.17, 15) is 0 Å². The SMILES string of the molecule is O=C(O)O.[H-].[H-].[H-].[H-].[H-].[H-].[K+].[K+].[K+].[K+].[K+].[K+]. The molecule has 9 heteroatoms. The van der Waals surface area contributed by atoms with Crippen molar-refractivity contribution in [1.82, 2.24) is 0 Å². The molecule has 10 heavy (non-hydrogen) atoms. The van der Waals surface area contributed by atoms with Crippen molar-refractivity contribution in [2.24, 2.45) is 0 Å². The number of carboxylic acid groups (broad SMARTS) is 2. The predicted octanol–water partition coefficient (Wildman–Crippen LogP) is -17.1. The van der Waals surface area contributed by atoms with Crippen LogP contribution in [0.1, 0.15) is 8.56 Å². The van der Waals surface area contributed by atoms with Crippen LogP contribution in [0.15, 0.2) is 0 Å². The fourth-order valence-electron chi connectivity index (χ4n) is 0. The van der Waals surface area contributed by atoms with Crippen LogP contribution < -0.4 is 308 Å². The van der Waals surface area contributed by atoms with Gasteiger partial charge < -0.3 is 18.8 Å². The quantitative estimate of drug-likeness (QED) is 0.437. The second-order valence-electron chi connectivity index (χ2n) is 0.283. The zero-order valence-corrected chi connectivity index (χ0v) is 26.5. The molecular formula is CH8K6O3. The second-order valence-corrected chi connectivity index (χ2v) is 0.283. The molecule has 0 unspecified atom stereocenters. The average molecular weight is 303 g/mol. The normalized spacial score (nSPS) is 2.40. The van der Waals surface area contributed by atoms with Crippen LogP contribution in [0.25, 0.3) is 0 Å². The maximum Gasteiger partial charge on any atom is 1.00 e. The van der Waals surface area contributed by atoms with Crippen molar-refractivity contribution in [3.8, 4) is 0 Å². The molecule has 0 bridgehead atoms. The molecule has 3 nitrogen and oxygen atoms in total. The van der Waals surface area contributed by atoms with Gasteiger partial charge >= 0.3 is 314 Å². The van der Waals surface area contributed by atoms with Crippen molar-refractivity contribution in [3.63, 3.8) is 0 Å². The summed E-state index contributed by atoms with van der Waals surface area (Å²) in [5.74, 6) is 0. The minimum Gasteiger partial charge on any atom is -1.00 e. The van der Waals surface area contributed by atoms with E-state index in [1.165, 1.54) is 0 Å². The Morgan fingerprint density at radius 2 is 0.800 bits per heavy atom. The minimum absolute atomic E-state index is 0. The van der Waals surface area contributed by atoms with Gasteiger partial charge in [-0.3, -0.25) is 0 Å². The molecule has 0 aliphatic carbocycles. The van der Waals surface area contributed by atoms with E-state index >= 15 is 0 Å². The van der Waals surface area contributed by atoms with Gasteiger partial charge in [0.05, 0.1) is 0 Å². The Hall–Kier alpha value is 9.09. The first kappa shape index (κ1) is 42.7. The van der Waals surface area contributed by atoms with E-state index in [2.05, 4.69) is 0 Å². The Labute approximate surface area is 325 Å². The minimum atomic E-state index is -1.83. The molecule has 0 rings (SSSR count). The van der Waals surface area contributed by atoms with E-state index in [1.54, 1.807) is 0 Å². The van der Waals surface area contributed by atoms with Crippen molar-refractivity contribution >= 4 is 6.16 Å². The summed E-state index contributed by atoms with van der Waals surface area (Å²) < 4.78 is 0. The Kier molecular flexibility index (Phi) is 154. The summed E-state index contributed by atoms with van der Waals surface area (Å²) in [6, 6.07) is 0. The van der Waals surface area contributed by atoms with Gasteiger partial charge in [-0.25, -0.2) is 4.79 Å². The van der Waals surface area contributed by atoms with Gasteiger partial charge in [0.2, 0.25) is 0 Å². The van der Waals surface area contributed by atoms with E-state index < -0.39 is 6.16 Å². The van der Waals surface area contributed by atoms with Gasteiger partial charge in [-0.15, -0.1) is 0 Å². The molecule has 0 atom stereocenters. The first-order valence-electron chi connectivity index (χ1n) is 0.651. The van der Waals surface area contributed by atoms with Crippen LogP contribution in [0.5, 0.6) is 0 Å². The van der Waals surface area contributed by atoms with Gasteiger partial charge in [0.1, 0.15) is 0 Å². The van der Waals surface area contributed by atoms with Crippen molar-refractivity contribution in [3.05, 3.63) is 0 Å². The second kappa shape index (κ2) is 36.1. The van der Waals surface area contributed by atoms with E-state index in [1.807, 2.05) is 0 Å². The summed E-state index contributed by atoms with van der Waals surface area (Å²) in [5.41, 5.74) is 0. The fraction of sp³-hybridized carbons (Fsp3) is 0. The number of carbonyl (C=O) groups is 1. The van der Waals surface area contributed by atoms with Gasteiger partial charge in [0.15, 0.2) is 0 Å². The van der Waals surface area contributed by atoms with E-state index in [0.717, 1.165) is 0 Å². The van der Waals surface area contributed by atoms with Crippen molar-refractivity contribution in [1.29, 1.82) is 0 Å². The van der Waals surface area contributed by atoms with Crippen molar-refractivity contribution in [2.45, 2.75) is 0 Å². The zero-order valence-electron chi connectivity index (χ0n) is 13.8. The summed E-state index contributed by atoms with van der Waals surface area (Å²) in [6.07, 6.45) is -1.83. The molecule has 0 heterocycles. The first-order chi connectivity index (χ1) is 1.73. The third-order valence-corrected chi connectivity index (χ3v) is 0. The maximum atomic E-state index is 8.56. The van der Waals surface area contributed by atoms with Crippen LogP contribution in [0, 0.1) is 0 Å². The smallest absolute Gasteiger partial charge is 1.00 e. The number of hydrogen-bond donors (Lipinski definition) is 2. The molecule has 0 saturated carbocycles. The summed E-state index contributed by atoms with van der Waals surface area (Å²) in [4.78, 5) is 8.56. The van der Waals surface area contributed by atoms with Crippen LogP contribution in [0.2, 0.25) is 0 Å². The largest absolute Gasteiger partial charge is 1.00 e. The molecular weight excluding hydrogens is 295 g/mol. The maximum absolute atomic E-state index is 8.56. The monoisotopic (exact) mass is 302 g/mol. The van der Waals surface area contributed by atoms with Crippen LogP contribution in [-0.4, -0.2) is 16.4 Å². The molecule has 0 fully saturated rings. The number of rotatable bonds is 0. The third-order valence-electron chi connectivity index (χ3n) is 0. The molecule has 0 radical (unpaired) electrons. The van der Waals surface area contributed by atoms with Crippen LogP contribution in [0.3, 0.4) is 0 Å². The molecule has 0 aromatic carbocycles. The van der Waals surface area contributed by atoms with E-state index in [0.29, 0.717) is 0 Å². The molecule has 0 spiro atoms. The van der Waals surface area contributed by atoms with Crippen LogP contribution in [-0.2, 0) is 0 Å². The van der Waals surface area contributed by atoms with E-state index in [-0.39, 0.29) is 317 Å². The fourth-order valence-corrected chi connectivity index (χ4v) is 0. The molecule has 0 aliphatic rings. The molecule has 0 aromatic rings. The Bertz CT molecular complexity index is 51.2. The Morgan fingerprint density at radius 1 is 0.800 bits per heavy atom. The average Bonchev–Trinajstić information content (AvgIpc) is 0.811. The van der Waals surface area contributed by atoms with Gasteiger partial charge in [-0.05, 0) is 0 Å². The van der Waals surface area contributed by atoms with Gasteiger partial charge in [-0.1, -0.05) is 0 Å². The third kappa shape index (κ3) is 53.5. The summed E-state index contributed by atoms with van der Waals surface area (Å²) in [6.45, 7) is 0. The molecule has 0 aliphatic heterocycles. The van der Waals surface area contributed by atoms with Crippen LogP contribution in [0.4, 0.5) is 4.79 Å². The van der Waals surface area contributed by atoms with Gasteiger partial charge in [0.25, 0.3) is 0 Å². The molecule has 0 aromatic heterocycles. The molecule has 0 amide bonds. The first-order valence-corrected chi connectivity index (χ1v) is 0.651. The zero-order chi connectivity index (χ0) is 3.58. The summed E-state index contributed by atoms with van der Waals surface area (Å²) in [7, 11) is 0. The van der Waals surface area contributed by atoms with Gasteiger partial charge in [-0.2, -0.15) is 0 Å². The summed E-state index contributed by atoms with van der Waals surface area (Å²) >= 11 is 0. The van der Waals surface area contributed by atoms with Crippen molar-refractivity contribution < 1.29 is 332 Å². The predicted molar refractivity (Wildman–Crippen MR) is 17.3 cm³/mol. The Balaban J connectivity index is -0.000000000682. The van der Waals surface area contributed by atoms with Crippen molar-refractivity contribution in [2.75, 3.05) is 0 Å². The molecule has 2 N–H and O–H groups in total. The Morgan fingerprint density at radius 3 is 0.800 bits per heavy atom. The van der Waals surface area contributed by atoms with Crippen LogP contribution >= 0.6 is 0 Å². The topological polar surface area (TPSA) is 57.5 Å². The molecule has 36 valence electrons. The number of hydrogen-bond acceptors (Lipinski definition) is 1. The summed E-state index contributed by atoms with van der Waals surface area (Å²) in [5, 5.41) is 13.9. The van der Waals surface area contributed by atoms with E-state index in [4.69, 9.17) is 15.0 Å². The van der Waals surface area contributed by atoms with Gasteiger partial charge in [0, 0.05) is 0 Å². The standard InChI is InChI=1S/CH2O3.6K.6H/c2-1(3)4;;;;;;;;;;;;/h(H2,2,3,4);;;;;;;;;;;;/q;6*+1;6*-1.